The van der Waals surface area contributed by atoms with E-state index < -0.39 is 24.3 Å². The van der Waals surface area contributed by atoms with E-state index in [2.05, 4.69) is 22.6 Å². The molecule has 2 N–H and O–H groups in total. The van der Waals surface area contributed by atoms with Crippen molar-refractivity contribution in [1.29, 1.82) is 0 Å². The minimum Gasteiger partial charge on any atom is -0.460 e. The maximum absolute atomic E-state index is 10.3. The molecule has 18 heavy (non-hydrogen) atoms. The molecule has 0 aliphatic heterocycles. The molecule has 0 bridgehead atoms. The van der Waals surface area contributed by atoms with Crippen LogP contribution in [0.15, 0.2) is 25.3 Å². The highest BCUT2D eigenvalue weighted by molar-refractivity contribution is 5.81. The summed E-state index contributed by atoms with van der Waals surface area (Å²) in [7, 11) is 0. The van der Waals surface area contributed by atoms with Crippen molar-refractivity contribution in [2.75, 3.05) is 6.61 Å². The van der Waals surface area contributed by atoms with E-state index in [-0.39, 0.29) is 14.0 Å². The molecule has 0 rings (SSSR count). The maximum Gasteiger partial charge on any atom is 0.332 e. The minimum absolute atomic E-state index is 0. The number of aliphatic hydroxyl groups excluding tert-OH is 2. The summed E-state index contributed by atoms with van der Waals surface area (Å²) >= 11 is 0. The highest BCUT2D eigenvalue weighted by Crippen LogP contribution is 1.84. The van der Waals surface area contributed by atoms with Crippen LogP contribution in [-0.4, -0.2) is 41.2 Å². The predicted molar refractivity (Wildman–Crippen MR) is 67.5 cm³/mol. The van der Waals surface area contributed by atoms with E-state index in [1.807, 2.05) is 0 Å². The van der Waals surface area contributed by atoms with Gasteiger partial charge in [-0.25, -0.2) is 9.59 Å². The number of ether oxygens (including phenoxy) is 2. The summed E-state index contributed by atoms with van der Waals surface area (Å²) in [6.45, 7) is 9.23. The number of carbonyl (C=O) groups excluding carboxylic acids is 2. The second-order valence-electron chi connectivity index (χ2n) is 2.92. The third kappa shape index (κ3) is 19.8. The van der Waals surface area contributed by atoms with Crippen molar-refractivity contribution in [3.63, 3.8) is 0 Å². The van der Waals surface area contributed by atoms with E-state index in [0.29, 0.717) is 0 Å². The number of hydrogen-bond acceptors (Lipinski definition) is 6. The smallest absolute Gasteiger partial charge is 0.332 e. The summed E-state index contributed by atoms with van der Waals surface area (Å²) in [4.78, 5) is 20.4. The molecule has 0 aromatic carbocycles. The Morgan fingerprint density at radius 1 is 1.17 bits per heavy atom. The normalized spacial score (nSPS) is 11.6. The first kappa shape index (κ1) is 21.6. The van der Waals surface area contributed by atoms with Crippen LogP contribution in [0.2, 0.25) is 0 Å². The zero-order chi connectivity index (χ0) is 13.8. The van der Waals surface area contributed by atoms with Gasteiger partial charge in [-0.3, -0.25) is 0 Å². The fourth-order valence-corrected chi connectivity index (χ4v) is 0.478. The monoisotopic (exact) mass is 262 g/mol. The molecule has 6 nitrogen and oxygen atoms in total. The number of aliphatic hydroxyl groups is 2. The number of rotatable bonds is 5. The average Bonchev–Trinajstić information content (AvgIpc) is 2.25. The fraction of sp³-hybridized carbons (Fsp3) is 0.500. The molecule has 0 amide bonds. The predicted octanol–water partition coefficient (Wildman–Crippen LogP) is 0.786. The number of carbonyl (C=O) groups is 2. The molecule has 0 radical (unpaired) electrons. The van der Waals surface area contributed by atoms with Gasteiger partial charge >= 0.3 is 11.9 Å². The molecule has 0 spiro atoms. The molecule has 6 heteroatoms. The lowest BCUT2D eigenvalue weighted by Crippen LogP contribution is -2.13. The molecule has 0 saturated carbocycles. The first-order chi connectivity index (χ1) is 7.83. The lowest BCUT2D eigenvalue weighted by molar-refractivity contribution is -0.158. The van der Waals surface area contributed by atoms with Crippen LogP contribution in [0.25, 0.3) is 0 Å². The van der Waals surface area contributed by atoms with Crippen molar-refractivity contribution in [2.24, 2.45) is 0 Å². The van der Waals surface area contributed by atoms with E-state index in [1.54, 1.807) is 0 Å². The third-order valence-corrected chi connectivity index (χ3v) is 1.09. The fourth-order valence-electron chi connectivity index (χ4n) is 0.478. The minimum atomic E-state index is -1.04. The molecule has 0 aliphatic carbocycles. The van der Waals surface area contributed by atoms with Crippen LogP contribution in [0.1, 0.15) is 21.3 Å². The van der Waals surface area contributed by atoms with E-state index in [9.17, 15) is 9.59 Å². The standard InChI is InChI=1S/C6H10O3.C5H8O3.CH4/c1-3-6(8)9-4-5(2)7;1-3-5(7)8-4(2)6;/h3,5,7H,1,4H2,2H3;3-4,6H,1H2,2H3;1H4. The van der Waals surface area contributed by atoms with Crippen LogP contribution in [0.3, 0.4) is 0 Å². The molecular formula is C12H22O6. The Hall–Kier alpha value is -1.66. The summed E-state index contributed by atoms with van der Waals surface area (Å²) in [6, 6.07) is 0. The quantitative estimate of drug-likeness (QED) is 0.432. The second kappa shape index (κ2) is 13.4. The second-order valence-corrected chi connectivity index (χ2v) is 2.92. The first-order valence-corrected chi connectivity index (χ1v) is 4.81. The molecule has 0 aromatic heterocycles. The van der Waals surface area contributed by atoms with Crippen LogP contribution >= 0.6 is 0 Å². The summed E-state index contributed by atoms with van der Waals surface area (Å²) in [6.07, 6.45) is 0.407. The summed E-state index contributed by atoms with van der Waals surface area (Å²) in [5, 5.41) is 16.9. The van der Waals surface area contributed by atoms with E-state index in [4.69, 9.17) is 10.2 Å². The Morgan fingerprint density at radius 2 is 1.61 bits per heavy atom. The Labute approximate surface area is 108 Å². The van der Waals surface area contributed by atoms with Crippen molar-refractivity contribution in [2.45, 2.75) is 33.7 Å². The van der Waals surface area contributed by atoms with Crippen molar-refractivity contribution < 1.29 is 29.3 Å². The van der Waals surface area contributed by atoms with Gasteiger partial charge in [0.2, 0.25) is 0 Å². The molecule has 0 saturated heterocycles. The van der Waals surface area contributed by atoms with Gasteiger partial charge in [0.1, 0.15) is 6.61 Å². The van der Waals surface area contributed by atoms with Gasteiger partial charge in [-0.15, -0.1) is 0 Å². The van der Waals surface area contributed by atoms with Gasteiger partial charge in [0.15, 0.2) is 6.29 Å². The van der Waals surface area contributed by atoms with Gasteiger partial charge in [0.05, 0.1) is 6.10 Å². The largest absolute Gasteiger partial charge is 0.460 e. The lowest BCUT2D eigenvalue weighted by atomic mass is 10.4. The highest BCUT2D eigenvalue weighted by Gasteiger charge is 1.98. The molecule has 2 atom stereocenters. The molecule has 0 fully saturated rings. The Bertz CT molecular complexity index is 257. The molecule has 0 aromatic rings. The van der Waals surface area contributed by atoms with Crippen molar-refractivity contribution in [3.8, 4) is 0 Å². The number of esters is 2. The molecular weight excluding hydrogens is 240 g/mol. The van der Waals surface area contributed by atoms with Crippen molar-refractivity contribution >= 4 is 11.9 Å². The third-order valence-electron chi connectivity index (χ3n) is 1.09. The van der Waals surface area contributed by atoms with Crippen LogP contribution < -0.4 is 0 Å². The Morgan fingerprint density at radius 3 is 1.83 bits per heavy atom. The van der Waals surface area contributed by atoms with Gasteiger partial charge in [0, 0.05) is 12.2 Å². The summed E-state index contributed by atoms with van der Waals surface area (Å²) in [5.41, 5.74) is 0. The van der Waals surface area contributed by atoms with Crippen molar-refractivity contribution in [3.05, 3.63) is 25.3 Å². The van der Waals surface area contributed by atoms with Gasteiger partial charge in [-0.1, -0.05) is 20.6 Å². The molecule has 0 heterocycles. The first-order valence-electron chi connectivity index (χ1n) is 4.81. The SMILES string of the molecule is C.C=CC(=O)OC(C)O.C=CC(=O)OCC(C)O. The number of hydrogen-bond donors (Lipinski definition) is 2. The zero-order valence-electron chi connectivity index (χ0n) is 9.96. The summed E-state index contributed by atoms with van der Waals surface area (Å²) < 4.78 is 8.64. The maximum atomic E-state index is 10.3. The topological polar surface area (TPSA) is 93.1 Å². The van der Waals surface area contributed by atoms with Crippen LogP contribution in [0.4, 0.5) is 0 Å². The van der Waals surface area contributed by atoms with Gasteiger partial charge in [-0.2, -0.15) is 0 Å². The van der Waals surface area contributed by atoms with Crippen LogP contribution in [-0.2, 0) is 19.1 Å². The molecule has 106 valence electrons. The molecule has 2 unspecified atom stereocenters. The average molecular weight is 262 g/mol. The lowest BCUT2D eigenvalue weighted by Gasteiger charge is -2.02. The van der Waals surface area contributed by atoms with Crippen LogP contribution in [0.5, 0.6) is 0 Å². The van der Waals surface area contributed by atoms with E-state index in [1.165, 1.54) is 13.8 Å². The van der Waals surface area contributed by atoms with E-state index >= 15 is 0 Å². The van der Waals surface area contributed by atoms with Crippen molar-refractivity contribution in [1.82, 2.24) is 0 Å². The Balaban J connectivity index is -0.000000238. The van der Waals surface area contributed by atoms with E-state index in [0.717, 1.165) is 12.2 Å². The van der Waals surface area contributed by atoms with Gasteiger partial charge in [-0.05, 0) is 13.8 Å². The molecule has 0 aliphatic rings. The van der Waals surface area contributed by atoms with Crippen LogP contribution in [0, 0.1) is 0 Å². The van der Waals surface area contributed by atoms with Gasteiger partial charge < -0.3 is 19.7 Å². The Kier molecular flexibility index (Phi) is 16.1. The summed E-state index contributed by atoms with van der Waals surface area (Å²) in [5.74, 6) is -1.11. The van der Waals surface area contributed by atoms with Gasteiger partial charge in [0.25, 0.3) is 0 Å². The highest BCUT2D eigenvalue weighted by atomic mass is 16.6. The zero-order valence-corrected chi connectivity index (χ0v) is 9.96.